The maximum atomic E-state index is 12.1. The van der Waals surface area contributed by atoms with E-state index in [9.17, 15) is 9.59 Å². The number of carboxylic acid groups (broad SMARTS) is 1. The number of fused-ring (bicyclic) bond motifs is 1. The first kappa shape index (κ1) is 12.4. The number of hydrogen-bond acceptors (Lipinski definition) is 2. The highest BCUT2D eigenvalue weighted by Gasteiger charge is 2.55. The first-order valence-electron chi connectivity index (χ1n) is 6.44. The lowest BCUT2D eigenvalue weighted by Gasteiger charge is -2.24. The van der Waals surface area contributed by atoms with E-state index < -0.39 is 11.5 Å². The van der Waals surface area contributed by atoms with Gasteiger partial charge in [0.15, 0.2) is 0 Å². The lowest BCUT2D eigenvalue weighted by Crippen LogP contribution is -2.46. The second-order valence-corrected chi connectivity index (χ2v) is 6.08. The molecule has 0 spiro atoms. The summed E-state index contributed by atoms with van der Waals surface area (Å²) < 4.78 is 0. The Balaban J connectivity index is 1.87. The van der Waals surface area contributed by atoms with Crippen molar-refractivity contribution in [1.82, 2.24) is 5.32 Å². The van der Waals surface area contributed by atoms with Crippen molar-refractivity contribution in [2.45, 2.75) is 51.5 Å². The molecule has 17 heavy (non-hydrogen) atoms. The van der Waals surface area contributed by atoms with Crippen LogP contribution in [-0.2, 0) is 9.59 Å². The summed E-state index contributed by atoms with van der Waals surface area (Å²) in [4.78, 5) is 22.7. The van der Waals surface area contributed by atoms with Crippen molar-refractivity contribution < 1.29 is 14.7 Å². The Labute approximate surface area is 102 Å². The number of carbonyl (C=O) groups excluding carboxylic acids is 1. The second-order valence-electron chi connectivity index (χ2n) is 6.08. The summed E-state index contributed by atoms with van der Waals surface area (Å²) in [5, 5.41) is 11.7. The van der Waals surface area contributed by atoms with Crippen molar-refractivity contribution in [3.05, 3.63) is 0 Å². The summed E-state index contributed by atoms with van der Waals surface area (Å²) in [7, 11) is 0. The van der Waals surface area contributed by atoms with Gasteiger partial charge in [-0.1, -0.05) is 12.8 Å². The van der Waals surface area contributed by atoms with Crippen LogP contribution in [0.1, 0.15) is 46.0 Å². The van der Waals surface area contributed by atoms with E-state index in [-0.39, 0.29) is 18.2 Å². The number of carbonyl (C=O) groups is 2. The second kappa shape index (κ2) is 4.31. The SMILES string of the molecule is CC(C)(CC(=O)O)NC(=O)C1C2CCCCC21. The fraction of sp³-hybridized carbons (Fsp3) is 0.846. The third-order valence-corrected chi connectivity index (χ3v) is 4.01. The van der Waals surface area contributed by atoms with Gasteiger partial charge in [0.25, 0.3) is 0 Å². The Hall–Kier alpha value is -1.06. The van der Waals surface area contributed by atoms with Crippen LogP contribution in [0.3, 0.4) is 0 Å². The minimum Gasteiger partial charge on any atom is -0.481 e. The van der Waals surface area contributed by atoms with Crippen molar-refractivity contribution in [2.24, 2.45) is 17.8 Å². The summed E-state index contributed by atoms with van der Waals surface area (Å²) >= 11 is 0. The zero-order valence-electron chi connectivity index (χ0n) is 10.5. The molecule has 1 amide bonds. The van der Waals surface area contributed by atoms with Crippen LogP contribution in [-0.4, -0.2) is 22.5 Å². The van der Waals surface area contributed by atoms with Gasteiger partial charge in [0.2, 0.25) is 5.91 Å². The first-order valence-corrected chi connectivity index (χ1v) is 6.44. The third kappa shape index (κ3) is 2.79. The predicted octanol–water partition coefficient (Wildman–Crippen LogP) is 1.79. The monoisotopic (exact) mass is 239 g/mol. The van der Waals surface area contributed by atoms with E-state index in [0.29, 0.717) is 11.8 Å². The molecule has 4 nitrogen and oxygen atoms in total. The standard InChI is InChI=1S/C13H21NO3/c1-13(2,7-10(15)16)14-12(17)11-8-5-3-4-6-9(8)11/h8-9,11H,3-7H2,1-2H3,(H,14,17)(H,15,16). The molecule has 2 N–H and O–H groups in total. The van der Waals surface area contributed by atoms with Gasteiger partial charge in [-0.2, -0.15) is 0 Å². The molecule has 2 fully saturated rings. The molecule has 0 bridgehead atoms. The topological polar surface area (TPSA) is 66.4 Å². The number of amides is 1. The van der Waals surface area contributed by atoms with Crippen LogP contribution in [0, 0.1) is 17.8 Å². The van der Waals surface area contributed by atoms with Crippen LogP contribution in [0.5, 0.6) is 0 Å². The summed E-state index contributed by atoms with van der Waals surface area (Å²) in [5.41, 5.74) is -0.644. The van der Waals surface area contributed by atoms with E-state index in [2.05, 4.69) is 5.32 Å². The molecule has 2 aliphatic carbocycles. The molecule has 0 aliphatic heterocycles. The number of nitrogens with one attached hydrogen (secondary N) is 1. The highest BCUT2D eigenvalue weighted by Crippen LogP contribution is 2.55. The van der Waals surface area contributed by atoms with Crippen LogP contribution < -0.4 is 5.32 Å². The average molecular weight is 239 g/mol. The van der Waals surface area contributed by atoms with Crippen molar-refractivity contribution >= 4 is 11.9 Å². The summed E-state index contributed by atoms with van der Waals surface area (Å²) in [6.07, 6.45) is 4.79. The van der Waals surface area contributed by atoms with Gasteiger partial charge in [0, 0.05) is 11.5 Å². The van der Waals surface area contributed by atoms with Gasteiger partial charge in [0.05, 0.1) is 6.42 Å². The maximum Gasteiger partial charge on any atom is 0.305 e. The highest BCUT2D eigenvalue weighted by molar-refractivity contribution is 5.83. The first-order chi connectivity index (χ1) is 7.91. The molecule has 2 aliphatic rings. The Morgan fingerprint density at radius 2 is 1.76 bits per heavy atom. The highest BCUT2D eigenvalue weighted by atomic mass is 16.4. The van der Waals surface area contributed by atoms with Crippen LogP contribution in [0.15, 0.2) is 0 Å². The van der Waals surface area contributed by atoms with E-state index in [1.807, 2.05) is 0 Å². The van der Waals surface area contributed by atoms with Gasteiger partial charge in [0.1, 0.15) is 0 Å². The van der Waals surface area contributed by atoms with E-state index in [1.54, 1.807) is 13.8 Å². The molecular weight excluding hydrogens is 218 g/mol. The van der Waals surface area contributed by atoms with E-state index in [1.165, 1.54) is 25.7 Å². The molecule has 0 aromatic carbocycles. The van der Waals surface area contributed by atoms with E-state index >= 15 is 0 Å². The summed E-state index contributed by atoms with van der Waals surface area (Å²) in [6, 6.07) is 0. The van der Waals surface area contributed by atoms with Crippen LogP contribution in [0.4, 0.5) is 0 Å². The zero-order valence-corrected chi connectivity index (χ0v) is 10.5. The Morgan fingerprint density at radius 1 is 1.24 bits per heavy atom. The third-order valence-electron chi connectivity index (χ3n) is 4.01. The molecule has 0 saturated heterocycles. The molecule has 0 radical (unpaired) electrons. The largest absolute Gasteiger partial charge is 0.481 e. The van der Waals surface area contributed by atoms with Gasteiger partial charge < -0.3 is 10.4 Å². The normalized spacial score (nSPS) is 31.5. The van der Waals surface area contributed by atoms with Gasteiger partial charge in [-0.3, -0.25) is 9.59 Å². The molecule has 4 heteroatoms. The lowest BCUT2D eigenvalue weighted by atomic mass is 10.0. The molecule has 0 aromatic heterocycles. The summed E-state index contributed by atoms with van der Waals surface area (Å²) in [6.45, 7) is 3.54. The molecule has 2 rings (SSSR count). The number of hydrogen-bond donors (Lipinski definition) is 2. The molecule has 0 aromatic rings. The molecule has 2 unspecified atom stereocenters. The molecule has 2 saturated carbocycles. The van der Waals surface area contributed by atoms with Crippen molar-refractivity contribution in [1.29, 1.82) is 0 Å². The average Bonchev–Trinajstić information content (AvgIpc) is 2.87. The van der Waals surface area contributed by atoms with Crippen molar-refractivity contribution in [3.8, 4) is 0 Å². The van der Waals surface area contributed by atoms with Gasteiger partial charge in [-0.05, 0) is 38.5 Å². The Morgan fingerprint density at radius 3 is 2.24 bits per heavy atom. The van der Waals surface area contributed by atoms with Gasteiger partial charge >= 0.3 is 5.97 Å². The number of rotatable bonds is 4. The molecule has 0 heterocycles. The molecule has 2 atom stereocenters. The Kier molecular flexibility index (Phi) is 3.15. The minimum atomic E-state index is -0.872. The minimum absolute atomic E-state index is 0.0270. The fourth-order valence-electron chi connectivity index (χ4n) is 3.22. The van der Waals surface area contributed by atoms with Crippen molar-refractivity contribution in [3.63, 3.8) is 0 Å². The van der Waals surface area contributed by atoms with Crippen LogP contribution >= 0.6 is 0 Å². The number of carboxylic acids is 1. The smallest absolute Gasteiger partial charge is 0.305 e. The quantitative estimate of drug-likeness (QED) is 0.786. The molecular formula is C13H21NO3. The Bertz CT molecular complexity index is 326. The van der Waals surface area contributed by atoms with Gasteiger partial charge in [-0.15, -0.1) is 0 Å². The maximum absolute atomic E-state index is 12.1. The summed E-state index contributed by atoms with van der Waals surface area (Å²) in [5.74, 6) is 0.496. The van der Waals surface area contributed by atoms with E-state index in [4.69, 9.17) is 5.11 Å². The lowest BCUT2D eigenvalue weighted by molar-refractivity contribution is -0.138. The van der Waals surface area contributed by atoms with Gasteiger partial charge in [-0.25, -0.2) is 0 Å². The predicted molar refractivity (Wildman–Crippen MR) is 63.4 cm³/mol. The van der Waals surface area contributed by atoms with Crippen LogP contribution in [0.2, 0.25) is 0 Å². The van der Waals surface area contributed by atoms with Crippen LogP contribution in [0.25, 0.3) is 0 Å². The fourth-order valence-corrected chi connectivity index (χ4v) is 3.22. The van der Waals surface area contributed by atoms with Crippen molar-refractivity contribution in [2.75, 3.05) is 0 Å². The zero-order chi connectivity index (χ0) is 12.6. The van der Waals surface area contributed by atoms with E-state index in [0.717, 1.165) is 0 Å². The number of aliphatic carboxylic acids is 1. The molecule has 96 valence electrons.